The van der Waals surface area contributed by atoms with E-state index in [-0.39, 0.29) is 0 Å². The molecule has 1 saturated heterocycles. The second-order valence-electron chi connectivity index (χ2n) is 5.23. The Labute approximate surface area is 136 Å². The van der Waals surface area contributed by atoms with Gasteiger partial charge in [-0.3, -0.25) is 0 Å². The van der Waals surface area contributed by atoms with Crippen LogP contribution in [0.15, 0.2) is 47.2 Å². The third-order valence-electron chi connectivity index (χ3n) is 3.62. The quantitative estimate of drug-likeness (QED) is 0.615. The fraction of sp³-hybridized carbons (Fsp3) is 0.412. The highest BCUT2D eigenvalue weighted by atomic mass is 32.2. The van der Waals surface area contributed by atoms with Gasteiger partial charge in [-0.25, -0.2) is 4.31 Å². The molecule has 1 aromatic rings. The molecule has 2 rings (SSSR count). The zero-order valence-electron chi connectivity index (χ0n) is 12.6. The fourth-order valence-corrected chi connectivity index (χ4v) is 4.47. The minimum Gasteiger partial charge on any atom is -0.330 e. The SMILES string of the molecule is C=C(/C=C\C=C/C)c1ccc(SN2CCC(CN)CC2)s1. The molecule has 0 bridgehead atoms. The standard InChI is InChI=1S/C17H24N2S2/c1-3-4-5-6-14(2)16-7-8-17(20-16)21-19-11-9-15(13-18)10-12-19/h3-8,15H,2,9-13,18H2,1H3/b4-3-,6-5-. The maximum Gasteiger partial charge on any atom is 0.0760 e. The summed E-state index contributed by atoms with van der Waals surface area (Å²) >= 11 is 3.70. The van der Waals surface area contributed by atoms with Crippen molar-refractivity contribution in [3.8, 4) is 0 Å². The molecular formula is C17H24N2S2. The van der Waals surface area contributed by atoms with Crippen LogP contribution in [0.3, 0.4) is 0 Å². The molecule has 4 heteroatoms. The number of hydrogen-bond acceptors (Lipinski definition) is 4. The van der Waals surface area contributed by atoms with Gasteiger partial charge in [0.15, 0.2) is 0 Å². The number of rotatable bonds is 6. The third kappa shape index (κ3) is 5.15. The molecule has 2 N–H and O–H groups in total. The van der Waals surface area contributed by atoms with Crippen LogP contribution in [-0.4, -0.2) is 23.9 Å². The Hall–Kier alpha value is -0.810. The van der Waals surface area contributed by atoms with Crippen molar-refractivity contribution in [2.24, 2.45) is 11.7 Å². The largest absolute Gasteiger partial charge is 0.330 e. The summed E-state index contributed by atoms with van der Waals surface area (Å²) in [5.41, 5.74) is 6.82. The molecule has 0 radical (unpaired) electrons. The minimum atomic E-state index is 0.720. The average molecular weight is 321 g/mol. The second kappa shape index (κ2) is 8.59. The van der Waals surface area contributed by atoms with Crippen molar-refractivity contribution in [1.82, 2.24) is 4.31 Å². The molecule has 0 amide bonds. The fourth-order valence-electron chi connectivity index (χ4n) is 2.27. The lowest BCUT2D eigenvalue weighted by molar-refractivity contribution is 0.297. The van der Waals surface area contributed by atoms with Crippen LogP contribution in [0.5, 0.6) is 0 Å². The first-order valence-electron chi connectivity index (χ1n) is 7.44. The van der Waals surface area contributed by atoms with Gasteiger partial charge < -0.3 is 5.73 Å². The zero-order valence-corrected chi connectivity index (χ0v) is 14.3. The maximum atomic E-state index is 5.74. The average Bonchev–Trinajstić information content (AvgIpc) is 2.97. The summed E-state index contributed by atoms with van der Waals surface area (Å²) in [4.78, 5) is 1.25. The van der Waals surface area contributed by atoms with E-state index in [4.69, 9.17) is 5.73 Å². The number of nitrogens with two attached hydrogens (primary N) is 1. The predicted molar refractivity (Wildman–Crippen MR) is 96.5 cm³/mol. The van der Waals surface area contributed by atoms with E-state index in [9.17, 15) is 0 Å². The van der Waals surface area contributed by atoms with Gasteiger partial charge in [-0.2, -0.15) is 0 Å². The highest BCUT2D eigenvalue weighted by molar-refractivity contribution is 7.99. The van der Waals surface area contributed by atoms with Crippen LogP contribution in [0.4, 0.5) is 0 Å². The van der Waals surface area contributed by atoms with Crippen LogP contribution in [0.25, 0.3) is 5.57 Å². The van der Waals surface area contributed by atoms with Gasteiger partial charge >= 0.3 is 0 Å². The highest BCUT2D eigenvalue weighted by Gasteiger charge is 2.19. The van der Waals surface area contributed by atoms with Crippen molar-refractivity contribution in [1.29, 1.82) is 0 Å². The van der Waals surface area contributed by atoms with Crippen molar-refractivity contribution in [3.63, 3.8) is 0 Å². The van der Waals surface area contributed by atoms with E-state index < -0.39 is 0 Å². The van der Waals surface area contributed by atoms with Crippen LogP contribution < -0.4 is 5.73 Å². The summed E-state index contributed by atoms with van der Waals surface area (Å²) in [5, 5.41) is 0. The van der Waals surface area contributed by atoms with E-state index in [0.717, 1.165) is 31.1 Å². The molecule has 114 valence electrons. The summed E-state index contributed by atoms with van der Waals surface area (Å²) in [7, 11) is 0. The molecule has 21 heavy (non-hydrogen) atoms. The molecule has 0 aliphatic carbocycles. The highest BCUT2D eigenvalue weighted by Crippen LogP contribution is 2.35. The Balaban J connectivity index is 1.87. The predicted octanol–water partition coefficient (Wildman–Crippen LogP) is 4.57. The van der Waals surface area contributed by atoms with Gasteiger partial charge in [-0.05, 0) is 61.9 Å². The van der Waals surface area contributed by atoms with Crippen LogP contribution >= 0.6 is 23.3 Å². The summed E-state index contributed by atoms with van der Waals surface area (Å²) in [6.45, 7) is 9.26. The molecule has 1 aromatic heterocycles. The van der Waals surface area contributed by atoms with Crippen molar-refractivity contribution >= 4 is 28.9 Å². The number of hydrogen-bond donors (Lipinski definition) is 1. The molecule has 0 aromatic carbocycles. The topological polar surface area (TPSA) is 29.3 Å². The molecular weight excluding hydrogens is 296 g/mol. The van der Waals surface area contributed by atoms with Crippen molar-refractivity contribution in [2.75, 3.05) is 19.6 Å². The smallest absolute Gasteiger partial charge is 0.0760 e. The van der Waals surface area contributed by atoms with Crippen molar-refractivity contribution in [3.05, 3.63) is 47.9 Å². The van der Waals surface area contributed by atoms with Gasteiger partial charge in [0.05, 0.1) is 4.21 Å². The first-order valence-corrected chi connectivity index (χ1v) is 9.03. The Morgan fingerprint density at radius 1 is 1.43 bits per heavy atom. The van der Waals surface area contributed by atoms with Gasteiger partial charge in [0.25, 0.3) is 0 Å². The van der Waals surface area contributed by atoms with E-state index in [1.807, 2.05) is 48.4 Å². The van der Waals surface area contributed by atoms with Gasteiger partial charge in [-0.1, -0.05) is 30.9 Å². The van der Waals surface area contributed by atoms with Gasteiger partial charge in [0.2, 0.25) is 0 Å². The molecule has 0 saturated carbocycles. The van der Waals surface area contributed by atoms with Gasteiger partial charge in [-0.15, -0.1) is 11.3 Å². The molecule has 2 nitrogen and oxygen atoms in total. The van der Waals surface area contributed by atoms with Crippen LogP contribution in [0.2, 0.25) is 0 Å². The first kappa shape index (κ1) is 16.6. The first-order chi connectivity index (χ1) is 10.2. The Morgan fingerprint density at radius 3 is 2.86 bits per heavy atom. The summed E-state index contributed by atoms with van der Waals surface area (Å²) in [5.74, 6) is 0.720. The van der Waals surface area contributed by atoms with E-state index in [1.54, 1.807) is 0 Å². The summed E-state index contributed by atoms with van der Waals surface area (Å²) in [6, 6.07) is 4.37. The van der Waals surface area contributed by atoms with Crippen LogP contribution in [0, 0.1) is 5.92 Å². The van der Waals surface area contributed by atoms with Crippen LogP contribution in [-0.2, 0) is 0 Å². The number of nitrogens with zero attached hydrogens (tertiary/aromatic N) is 1. The number of piperidine rings is 1. The molecule has 0 spiro atoms. The lowest BCUT2D eigenvalue weighted by atomic mass is 9.99. The molecule has 0 atom stereocenters. The molecule has 2 heterocycles. The zero-order chi connectivity index (χ0) is 15.1. The summed E-state index contributed by atoms with van der Waals surface area (Å²) in [6.07, 6.45) is 10.6. The van der Waals surface area contributed by atoms with E-state index >= 15 is 0 Å². The number of thiophene rings is 1. The Kier molecular flexibility index (Phi) is 6.77. The van der Waals surface area contributed by atoms with Crippen molar-refractivity contribution < 1.29 is 0 Å². The summed E-state index contributed by atoms with van der Waals surface area (Å²) < 4.78 is 3.80. The Morgan fingerprint density at radius 2 is 2.19 bits per heavy atom. The van der Waals surface area contributed by atoms with Gasteiger partial charge in [0.1, 0.15) is 0 Å². The van der Waals surface area contributed by atoms with E-state index in [2.05, 4.69) is 29.1 Å². The second-order valence-corrected chi connectivity index (χ2v) is 7.71. The lowest BCUT2D eigenvalue weighted by Gasteiger charge is -2.29. The minimum absolute atomic E-state index is 0.720. The lowest BCUT2D eigenvalue weighted by Crippen LogP contribution is -2.31. The van der Waals surface area contributed by atoms with E-state index in [0.29, 0.717) is 0 Å². The third-order valence-corrected chi connectivity index (χ3v) is 5.99. The van der Waals surface area contributed by atoms with Gasteiger partial charge in [0, 0.05) is 18.0 Å². The Bertz CT molecular complexity index is 509. The van der Waals surface area contributed by atoms with E-state index in [1.165, 1.54) is 21.9 Å². The monoisotopic (exact) mass is 320 g/mol. The maximum absolute atomic E-state index is 5.74. The molecule has 1 fully saturated rings. The van der Waals surface area contributed by atoms with Crippen molar-refractivity contribution in [2.45, 2.75) is 24.0 Å². The molecule has 0 unspecified atom stereocenters. The molecule has 1 aliphatic rings. The number of allylic oxidation sites excluding steroid dienone is 5. The molecule has 1 aliphatic heterocycles. The van der Waals surface area contributed by atoms with Crippen LogP contribution in [0.1, 0.15) is 24.6 Å². The normalized spacial score (nSPS) is 18.0.